The minimum absolute atomic E-state index is 0.0493. The molecule has 2 aromatic carbocycles. The lowest BCUT2D eigenvalue weighted by Gasteiger charge is -2.16. The van der Waals surface area contributed by atoms with Gasteiger partial charge in [-0.25, -0.2) is 0 Å². The van der Waals surface area contributed by atoms with Crippen LogP contribution in [0.5, 0.6) is 0 Å². The number of hydrogen-bond donors (Lipinski definition) is 0. The van der Waals surface area contributed by atoms with Gasteiger partial charge in [-0.05, 0) is 19.4 Å². The Balaban J connectivity index is 1.97. The molecule has 1 aliphatic heterocycles. The van der Waals surface area contributed by atoms with E-state index in [-0.39, 0.29) is 11.5 Å². The van der Waals surface area contributed by atoms with Crippen LogP contribution in [0.3, 0.4) is 0 Å². The van der Waals surface area contributed by atoms with Crippen LogP contribution in [0.1, 0.15) is 35.9 Å². The number of ether oxygens (including phenoxy) is 2. The molecule has 2 atom stereocenters. The van der Waals surface area contributed by atoms with Crippen molar-refractivity contribution in [2.24, 2.45) is 0 Å². The zero-order chi connectivity index (χ0) is 17.3. The van der Waals surface area contributed by atoms with Crippen LogP contribution in [0.25, 0.3) is 0 Å². The normalized spacial score (nSPS) is 22.2. The monoisotopic (exact) mass is 327 g/mol. The Labute approximate surface area is 139 Å². The number of hydrogen-bond acceptors (Lipinski definition) is 5. The standard InChI is InChI=1S/C18H17NO5/c1-18(2)23-16(13-9-6-10-14(11-13)19(21)22)17(24-18)15(20)12-7-4-3-5-8-12/h3-11,16-17H,1-2H3. The minimum Gasteiger partial charge on any atom is -0.339 e. The van der Waals surface area contributed by atoms with E-state index < -0.39 is 22.9 Å². The van der Waals surface area contributed by atoms with Crippen LogP contribution < -0.4 is 0 Å². The molecule has 1 saturated heterocycles. The maximum absolute atomic E-state index is 12.8. The van der Waals surface area contributed by atoms with Crippen LogP contribution >= 0.6 is 0 Å². The van der Waals surface area contributed by atoms with Gasteiger partial charge in [0.15, 0.2) is 17.7 Å². The molecule has 0 amide bonds. The minimum atomic E-state index is -0.954. The number of carbonyl (C=O) groups is 1. The van der Waals surface area contributed by atoms with E-state index in [4.69, 9.17) is 9.47 Å². The topological polar surface area (TPSA) is 78.7 Å². The second-order valence-corrected chi connectivity index (χ2v) is 6.06. The highest BCUT2D eigenvalue weighted by molar-refractivity contribution is 6.00. The average molecular weight is 327 g/mol. The molecular formula is C18H17NO5. The smallest absolute Gasteiger partial charge is 0.269 e. The molecule has 124 valence electrons. The molecule has 2 aromatic rings. The lowest BCUT2D eigenvalue weighted by atomic mass is 9.97. The van der Waals surface area contributed by atoms with Gasteiger partial charge >= 0.3 is 0 Å². The molecule has 1 heterocycles. The van der Waals surface area contributed by atoms with E-state index in [9.17, 15) is 14.9 Å². The lowest BCUT2D eigenvalue weighted by Crippen LogP contribution is -2.28. The third-order valence-corrected chi connectivity index (χ3v) is 3.82. The largest absolute Gasteiger partial charge is 0.339 e. The highest BCUT2D eigenvalue weighted by Gasteiger charge is 2.46. The van der Waals surface area contributed by atoms with Crippen LogP contribution in [-0.2, 0) is 9.47 Å². The van der Waals surface area contributed by atoms with Crippen LogP contribution in [0.15, 0.2) is 54.6 Å². The van der Waals surface area contributed by atoms with Gasteiger partial charge in [-0.15, -0.1) is 0 Å². The van der Waals surface area contributed by atoms with Crippen LogP contribution in [0.2, 0.25) is 0 Å². The molecule has 2 unspecified atom stereocenters. The number of rotatable bonds is 4. The first-order valence-electron chi connectivity index (χ1n) is 7.57. The fourth-order valence-electron chi connectivity index (χ4n) is 2.78. The van der Waals surface area contributed by atoms with Crippen molar-refractivity contribution in [1.29, 1.82) is 0 Å². The van der Waals surface area contributed by atoms with Gasteiger partial charge in [0.1, 0.15) is 6.10 Å². The van der Waals surface area contributed by atoms with Crippen molar-refractivity contribution in [2.75, 3.05) is 0 Å². The predicted molar refractivity (Wildman–Crippen MR) is 86.6 cm³/mol. The molecule has 3 rings (SSSR count). The van der Waals surface area contributed by atoms with E-state index in [1.54, 1.807) is 50.2 Å². The highest BCUT2D eigenvalue weighted by atomic mass is 16.8. The second-order valence-electron chi connectivity index (χ2n) is 6.06. The van der Waals surface area contributed by atoms with Crippen LogP contribution in [0, 0.1) is 10.1 Å². The first kappa shape index (κ1) is 16.3. The molecule has 0 aliphatic carbocycles. The fraction of sp³-hybridized carbons (Fsp3) is 0.278. The Kier molecular flexibility index (Phi) is 4.17. The number of nitro groups is 1. The predicted octanol–water partition coefficient (Wildman–Crippen LogP) is 3.67. The van der Waals surface area contributed by atoms with E-state index in [1.807, 2.05) is 6.07 Å². The summed E-state index contributed by atoms with van der Waals surface area (Å²) in [7, 11) is 0. The summed E-state index contributed by atoms with van der Waals surface area (Å²) < 4.78 is 11.6. The maximum Gasteiger partial charge on any atom is 0.269 e. The number of ketones is 1. The van der Waals surface area contributed by atoms with Crippen molar-refractivity contribution in [3.05, 3.63) is 75.8 Å². The summed E-state index contributed by atoms with van der Waals surface area (Å²) in [5.41, 5.74) is 1.01. The summed E-state index contributed by atoms with van der Waals surface area (Å²) in [6, 6.07) is 14.9. The molecule has 0 saturated carbocycles. The molecule has 1 aliphatic rings. The molecule has 0 aromatic heterocycles. The quantitative estimate of drug-likeness (QED) is 0.486. The van der Waals surface area contributed by atoms with Crippen molar-refractivity contribution < 1.29 is 19.2 Å². The molecule has 0 spiro atoms. The van der Waals surface area contributed by atoms with Gasteiger partial charge in [0.2, 0.25) is 0 Å². The van der Waals surface area contributed by atoms with Gasteiger partial charge < -0.3 is 9.47 Å². The van der Waals surface area contributed by atoms with Crippen LogP contribution in [0.4, 0.5) is 5.69 Å². The molecule has 6 heteroatoms. The average Bonchev–Trinajstić information content (AvgIpc) is 2.91. The summed E-state index contributed by atoms with van der Waals surface area (Å²) in [4.78, 5) is 23.3. The summed E-state index contributed by atoms with van der Waals surface area (Å²) in [6.45, 7) is 3.44. The lowest BCUT2D eigenvalue weighted by molar-refractivity contribution is -0.385. The van der Waals surface area contributed by atoms with Gasteiger partial charge in [-0.3, -0.25) is 14.9 Å². The van der Waals surface area contributed by atoms with Gasteiger partial charge in [-0.1, -0.05) is 42.5 Å². The van der Waals surface area contributed by atoms with E-state index in [0.717, 1.165) is 0 Å². The van der Waals surface area contributed by atoms with Crippen molar-refractivity contribution in [2.45, 2.75) is 31.8 Å². The van der Waals surface area contributed by atoms with Gasteiger partial charge in [-0.2, -0.15) is 0 Å². The van der Waals surface area contributed by atoms with Crippen molar-refractivity contribution in [1.82, 2.24) is 0 Å². The van der Waals surface area contributed by atoms with Crippen molar-refractivity contribution >= 4 is 11.5 Å². The van der Waals surface area contributed by atoms with Crippen molar-refractivity contribution in [3.63, 3.8) is 0 Å². The molecule has 0 radical (unpaired) electrons. The van der Waals surface area contributed by atoms with Crippen LogP contribution in [-0.4, -0.2) is 22.6 Å². The summed E-state index contributed by atoms with van der Waals surface area (Å²) in [5, 5.41) is 11.0. The van der Waals surface area contributed by atoms with Gasteiger partial charge in [0, 0.05) is 17.7 Å². The Morgan fingerprint density at radius 1 is 1.08 bits per heavy atom. The van der Waals surface area contributed by atoms with Gasteiger partial charge in [0.05, 0.1) is 4.92 Å². The number of nitro benzene ring substituents is 1. The second kappa shape index (κ2) is 6.14. The SMILES string of the molecule is CC1(C)OC(C(=O)c2ccccc2)C(c2cccc([N+](=O)[O-])c2)O1. The summed E-state index contributed by atoms with van der Waals surface area (Å²) in [6.07, 6.45) is -1.56. The van der Waals surface area contributed by atoms with E-state index >= 15 is 0 Å². The number of carbonyl (C=O) groups excluding carboxylic acids is 1. The van der Waals surface area contributed by atoms with E-state index in [0.29, 0.717) is 11.1 Å². The molecule has 6 nitrogen and oxygen atoms in total. The van der Waals surface area contributed by atoms with Gasteiger partial charge in [0.25, 0.3) is 5.69 Å². The first-order chi connectivity index (χ1) is 11.4. The zero-order valence-electron chi connectivity index (χ0n) is 13.3. The number of nitrogens with zero attached hydrogens (tertiary/aromatic N) is 1. The molecule has 24 heavy (non-hydrogen) atoms. The summed E-state index contributed by atoms with van der Waals surface area (Å²) in [5.74, 6) is -1.16. The Bertz CT molecular complexity index is 772. The maximum atomic E-state index is 12.8. The number of benzene rings is 2. The number of Topliss-reactive ketones (excluding diaryl/α,β-unsaturated/α-hetero) is 1. The third-order valence-electron chi connectivity index (χ3n) is 3.82. The van der Waals surface area contributed by atoms with E-state index in [1.165, 1.54) is 12.1 Å². The number of non-ortho nitro benzene ring substituents is 1. The Hall–Kier alpha value is -2.57. The molecule has 0 N–H and O–H groups in total. The zero-order valence-corrected chi connectivity index (χ0v) is 13.3. The first-order valence-corrected chi connectivity index (χ1v) is 7.57. The molecule has 0 bridgehead atoms. The summed E-state index contributed by atoms with van der Waals surface area (Å²) >= 11 is 0. The molecule has 1 fully saturated rings. The molecular weight excluding hydrogens is 310 g/mol. The van der Waals surface area contributed by atoms with Crippen molar-refractivity contribution in [3.8, 4) is 0 Å². The fourth-order valence-corrected chi connectivity index (χ4v) is 2.78. The highest BCUT2D eigenvalue weighted by Crippen LogP contribution is 2.40. The Morgan fingerprint density at radius 2 is 1.79 bits per heavy atom. The third kappa shape index (κ3) is 3.20. The Morgan fingerprint density at radius 3 is 2.46 bits per heavy atom. The van der Waals surface area contributed by atoms with E-state index in [2.05, 4.69) is 0 Å².